The fraction of sp³-hybridized carbons (Fsp3) is 0.288. The molecule has 33 nitrogen and oxygen atoms in total. The molecule has 0 aliphatic rings. The number of amides is 1. The number of nitrogens with zero attached hydrogens (tertiary/aromatic N) is 13. The molecule has 542 valence electrons. The van der Waals surface area contributed by atoms with Crippen LogP contribution >= 0.6 is 34.8 Å². The third kappa shape index (κ3) is 23.6. The van der Waals surface area contributed by atoms with Crippen molar-refractivity contribution in [2.45, 2.75) is 119 Å². The number of fused-ring (bicyclic) bond motifs is 4. The molecule has 4 aromatic carbocycles. The SMILES string of the molecule is CB(O)O.CC(C)(C)OC(=O)Nc1nc(Cl)nc2c1[nH]c(=O)n2Cc1ccccc1.CC(C)(C)OC(=O)OC(=O)OC(C)(C)C.COc1nc2c(N)nc(Cl)nc2n1Cc1ccccc1.Cc1nc(N)c2[nH]c(=O)n(Cc3ccccc3)c2n1.Nc1nc(Cl)nc2c1[nH]c(=O)n2Cc1ccccc1. The zero-order chi connectivity index (χ0) is 75.7. The molecule has 0 radical (unpaired) electrons. The van der Waals surface area contributed by atoms with Crippen LogP contribution in [0, 0.1) is 6.92 Å². The lowest BCUT2D eigenvalue weighted by atomic mass is 9.99. The second-order valence-electron chi connectivity index (χ2n) is 25.0. The molecule has 0 aliphatic heterocycles. The molecule has 12 rings (SSSR count). The second kappa shape index (κ2) is 34.7. The summed E-state index contributed by atoms with van der Waals surface area (Å²) in [5.74, 6) is 1.33. The van der Waals surface area contributed by atoms with E-state index in [4.69, 9.17) is 81.0 Å². The number of methoxy groups -OCH3 is 1. The van der Waals surface area contributed by atoms with Crippen LogP contribution in [0.4, 0.5) is 37.7 Å². The maximum atomic E-state index is 12.4. The Balaban J connectivity index is 0.000000180. The summed E-state index contributed by atoms with van der Waals surface area (Å²) in [6.45, 7) is 20.0. The van der Waals surface area contributed by atoms with Gasteiger partial charge < -0.3 is 65.9 Å². The quantitative estimate of drug-likeness (QED) is 0.0202. The van der Waals surface area contributed by atoms with Crippen LogP contribution in [-0.2, 0) is 45.1 Å². The molecule has 12 N–H and O–H groups in total. The summed E-state index contributed by atoms with van der Waals surface area (Å²) in [6, 6.07) is 39.1. The van der Waals surface area contributed by atoms with Crippen molar-refractivity contribution in [3.8, 4) is 6.01 Å². The van der Waals surface area contributed by atoms with Crippen molar-refractivity contribution >= 4 is 128 Å². The molecule has 8 heterocycles. The second-order valence-corrected chi connectivity index (χ2v) is 26.0. The van der Waals surface area contributed by atoms with E-state index in [2.05, 4.69) is 69.9 Å². The van der Waals surface area contributed by atoms with Gasteiger partial charge in [-0.3, -0.25) is 23.6 Å². The largest absolute Gasteiger partial charge is 0.519 e. The van der Waals surface area contributed by atoms with E-state index in [-0.39, 0.29) is 55.9 Å². The Hall–Kier alpha value is -11.5. The summed E-state index contributed by atoms with van der Waals surface area (Å²) in [4.78, 5) is 115. The maximum absolute atomic E-state index is 12.4. The molecule has 37 heteroatoms. The molecule has 0 fully saturated rings. The average Bonchev–Trinajstić information content (AvgIpc) is 1.67. The molecule has 0 spiro atoms. The summed E-state index contributed by atoms with van der Waals surface area (Å²) in [6.07, 6.45) is -2.82. The molecule has 12 aromatic rings. The summed E-state index contributed by atoms with van der Waals surface area (Å²) < 4.78 is 30.6. The number of anilines is 4. The van der Waals surface area contributed by atoms with Gasteiger partial charge in [-0.15, -0.1) is 0 Å². The summed E-state index contributed by atoms with van der Waals surface area (Å²) >= 11 is 17.6. The van der Waals surface area contributed by atoms with E-state index in [1.54, 1.807) is 80.9 Å². The molecule has 0 saturated heterocycles. The highest BCUT2D eigenvalue weighted by Gasteiger charge is 2.26. The van der Waals surface area contributed by atoms with Crippen LogP contribution in [0.3, 0.4) is 0 Å². The van der Waals surface area contributed by atoms with Gasteiger partial charge in [0.25, 0.3) is 6.01 Å². The topological polar surface area (TPSA) is 462 Å². The van der Waals surface area contributed by atoms with Gasteiger partial charge in [0.15, 0.2) is 51.4 Å². The summed E-state index contributed by atoms with van der Waals surface area (Å²) in [5, 5.41) is 17.7. The Morgan fingerprint density at radius 2 is 0.806 bits per heavy atom. The number of ether oxygens (including phenoxy) is 5. The number of hydrogen-bond donors (Lipinski definition) is 9. The predicted octanol–water partition coefficient (Wildman–Crippen LogP) is 9.71. The third-order valence-corrected chi connectivity index (χ3v) is 13.5. The van der Waals surface area contributed by atoms with Gasteiger partial charge >= 0.3 is 42.6 Å². The number of carbonyl (C=O) groups excluding carboxylic acids is 3. The fourth-order valence-corrected chi connectivity index (χ4v) is 9.58. The number of nitrogens with one attached hydrogen (secondary N) is 4. The highest BCUT2D eigenvalue weighted by molar-refractivity contribution is 6.39. The molecule has 0 atom stereocenters. The first kappa shape index (κ1) is 78.9. The van der Waals surface area contributed by atoms with Crippen LogP contribution in [0.15, 0.2) is 136 Å². The predicted molar refractivity (Wildman–Crippen MR) is 391 cm³/mol. The van der Waals surface area contributed by atoms with Crippen LogP contribution in [0.2, 0.25) is 22.7 Å². The Morgan fingerprint density at radius 1 is 0.476 bits per heavy atom. The number of aryl methyl sites for hydroxylation is 1. The van der Waals surface area contributed by atoms with E-state index in [0.717, 1.165) is 22.3 Å². The van der Waals surface area contributed by atoms with E-state index < -0.39 is 42.3 Å². The summed E-state index contributed by atoms with van der Waals surface area (Å²) in [5.41, 5.74) is 21.9. The highest BCUT2D eigenvalue weighted by Crippen LogP contribution is 2.27. The Labute approximate surface area is 602 Å². The van der Waals surface area contributed by atoms with Crippen molar-refractivity contribution in [1.29, 1.82) is 0 Å². The van der Waals surface area contributed by atoms with E-state index in [1.165, 1.54) is 16.0 Å². The van der Waals surface area contributed by atoms with E-state index >= 15 is 0 Å². The standard InChI is InChI=1S/C17H18ClN5O3.C13H12ClN5O.C13H13N5O.C12H10ClN5O.C10H18O5.CH5BO2/c1-17(2,3)26-16(25)21-12-11-13(22-14(18)20-12)23(15(24)19-11)9-10-7-5-4-6-8-10;1-20-13-16-9-10(15)17-12(14)18-11(9)19(13)7-8-5-3-2-4-6-8;1-8-15-11(14)10-12(16-8)18(13(19)17-10)7-9-5-3-2-4-6-9;13-11-16-9(14)8-10(17-11)18(12(19)15-8)6-7-4-2-1-3-5-7;1-9(2,3)14-7(11)13-8(12)15-10(4,5)6;1-2(3)4/h4-8H,9H2,1-3H3,(H,19,24)(H,20,21,22,25);2-6H,7H2,1H3,(H2,15,17,18);2-6H,7H2,1H3,(H,17,19)(H2,14,15,16);1-5H,6H2,(H,15,19)(H2,14,16,17);1-6H3;3-4H,1H3. The van der Waals surface area contributed by atoms with Gasteiger partial charge in [0.2, 0.25) is 15.9 Å². The molecule has 8 aromatic heterocycles. The fourth-order valence-electron chi connectivity index (χ4n) is 9.07. The lowest BCUT2D eigenvalue weighted by molar-refractivity contribution is -0.0294. The smallest absolute Gasteiger partial charge is 0.468 e. The number of nitrogens with two attached hydrogens (primary N) is 3. The zero-order valence-corrected chi connectivity index (χ0v) is 60.3. The van der Waals surface area contributed by atoms with Gasteiger partial charge in [0.1, 0.15) is 39.2 Å². The third-order valence-electron chi connectivity index (χ3n) is 13.0. The van der Waals surface area contributed by atoms with Crippen molar-refractivity contribution in [1.82, 2.24) is 78.1 Å². The Kier molecular flexibility index (Phi) is 26.6. The van der Waals surface area contributed by atoms with Crippen molar-refractivity contribution in [2.24, 2.45) is 0 Å². The highest BCUT2D eigenvalue weighted by atomic mass is 35.5. The van der Waals surface area contributed by atoms with Gasteiger partial charge in [0, 0.05) is 0 Å². The normalized spacial score (nSPS) is 11.1. The number of imidazole rings is 4. The summed E-state index contributed by atoms with van der Waals surface area (Å²) in [7, 11) is 0.383. The van der Waals surface area contributed by atoms with Crippen molar-refractivity contribution in [3.63, 3.8) is 0 Å². The molecule has 0 bridgehead atoms. The van der Waals surface area contributed by atoms with Crippen molar-refractivity contribution in [2.75, 3.05) is 29.6 Å². The van der Waals surface area contributed by atoms with Gasteiger partial charge in [0.05, 0.1) is 33.3 Å². The van der Waals surface area contributed by atoms with Crippen molar-refractivity contribution in [3.05, 3.63) is 197 Å². The number of nitrogen functional groups attached to an aromatic ring is 3. The number of benzene rings is 4. The number of halogens is 3. The molecule has 0 aliphatic carbocycles. The number of H-pyrrole nitrogens is 3. The first-order valence-electron chi connectivity index (χ1n) is 31.1. The van der Waals surface area contributed by atoms with Crippen LogP contribution in [-0.4, -0.2) is 138 Å². The van der Waals surface area contributed by atoms with Crippen LogP contribution in [0.25, 0.3) is 44.7 Å². The minimum Gasteiger partial charge on any atom is -0.468 e. The van der Waals surface area contributed by atoms with Gasteiger partial charge in [-0.1, -0.05) is 121 Å². The van der Waals surface area contributed by atoms with Gasteiger partial charge in [-0.2, -0.15) is 34.9 Å². The first-order valence-corrected chi connectivity index (χ1v) is 32.3. The lowest BCUT2D eigenvalue weighted by Crippen LogP contribution is -2.29. The van der Waals surface area contributed by atoms with E-state index in [0.29, 0.717) is 83.0 Å². The molecule has 103 heavy (non-hydrogen) atoms. The van der Waals surface area contributed by atoms with E-state index in [1.807, 2.05) is 126 Å². The van der Waals surface area contributed by atoms with E-state index in [9.17, 15) is 28.8 Å². The Morgan fingerprint density at radius 3 is 1.19 bits per heavy atom. The number of aromatic nitrogens is 16. The monoisotopic (exact) mass is 1470 g/mol. The number of carbonyl (C=O) groups is 3. The van der Waals surface area contributed by atoms with Gasteiger partial charge in [-0.05, 0) is 133 Å². The minimum atomic E-state index is -1.17. The van der Waals surface area contributed by atoms with Crippen LogP contribution in [0.1, 0.15) is 90.4 Å². The van der Waals surface area contributed by atoms with Gasteiger partial charge in [-0.25, -0.2) is 38.7 Å². The molecule has 0 unspecified atom stereocenters. The lowest BCUT2D eigenvalue weighted by Gasteiger charge is -2.20. The zero-order valence-electron chi connectivity index (χ0n) is 58.0. The Bertz CT molecular complexity index is 4910. The number of aromatic amines is 3. The number of hydrogen-bond acceptors (Lipinski definition) is 25. The first-order chi connectivity index (χ1) is 48.4. The molecule has 1 amide bonds. The van der Waals surface area contributed by atoms with Crippen LogP contribution < -0.4 is 44.3 Å². The molecule has 0 saturated carbocycles. The number of rotatable bonds is 10. The molecular formula is C66H76BCl3N20O13. The minimum absolute atomic E-state index is 0.0193. The van der Waals surface area contributed by atoms with Crippen molar-refractivity contribution < 1.29 is 48.1 Å². The average molecular weight is 1470 g/mol. The maximum Gasteiger partial charge on any atom is 0.519 e. The molecular weight excluding hydrogens is 1400 g/mol. The van der Waals surface area contributed by atoms with Crippen LogP contribution in [0.5, 0.6) is 6.01 Å².